The van der Waals surface area contributed by atoms with Crippen molar-refractivity contribution in [2.75, 3.05) is 6.54 Å². The van der Waals surface area contributed by atoms with Crippen molar-refractivity contribution in [3.63, 3.8) is 0 Å². The van der Waals surface area contributed by atoms with Gasteiger partial charge >= 0.3 is 5.97 Å². The smallest absolute Gasteiger partial charge is 0.352 e. The minimum absolute atomic E-state index is 0.0477. The number of rotatable bonds is 5. The van der Waals surface area contributed by atoms with Crippen LogP contribution in [0.3, 0.4) is 0 Å². The molecular weight excluding hydrogens is 332 g/mol. The van der Waals surface area contributed by atoms with E-state index in [1.54, 1.807) is 0 Å². The number of hydrogen-bond acceptors (Lipinski definition) is 4. The second kappa shape index (κ2) is 7.09. The maximum Gasteiger partial charge on any atom is 0.352 e. The average Bonchev–Trinajstić information content (AvgIpc) is 3.08. The molecule has 5 N–H and O–H groups in total. The van der Waals surface area contributed by atoms with Crippen molar-refractivity contribution in [3.8, 4) is 0 Å². The van der Waals surface area contributed by atoms with Crippen LogP contribution in [0.15, 0.2) is 18.2 Å². The number of H-pyrrole nitrogens is 1. The molecular formula is C19H26N4O3. The number of fused-ring (bicyclic) bond motifs is 1. The highest BCUT2D eigenvalue weighted by molar-refractivity contribution is 5.97. The van der Waals surface area contributed by atoms with Gasteiger partial charge in [0.15, 0.2) is 0 Å². The molecule has 7 heteroatoms. The number of aromatic nitrogens is 1. The Morgan fingerprint density at radius 3 is 2.81 bits per heavy atom. The Balaban J connectivity index is 1.96. The summed E-state index contributed by atoms with van der Waals surface area (Å²) in [7, 11) is 0. The number of carboxylic acid groups (broad SMARTS) is 1. The van der Waals surface area contributed by atoms with Gasteiger partial charge in [-0.1, -0.05) is 11.6 Å². The fourth-order valence-electron chi connectivity index (χ4n) is 3.68. The number of carboxylic acids is 1. The topological polar surface area (TPSA) is 111 Å². The van der Waals surface area contributed by atoms with Crippen molar-refractivity contribution in [1.29, 1.82) is 0 Å². The molecule has 26 heavy (non-hydrogen) atoms. The number of nitrogens with one attached hydrogen (secondary N) is 2. The minimum Gasteiger partial charge on any atom is -0.477 e. The summed E-state index contributed by atoms with van der Waals surface area (Å²) in [6, 6.07) is 5.42. The van der Waals surface area contributed by atoms with Crippen LogP contribution >= 0.6 is 0 Å². The zero-order valence-electron chi connectivity index (χ0n) is 15.4. The first-order valence-electron chi connectivity index (χ1n) is 8.90. The van der Waals surface area contributed by atoms with Crippen LogP contribution in [0.4, 0.5) is 0 Å². The van der Waals surface area contributed by atoms with Crippen molar-refractivity contribution < 1.29 is 14.7 Å². The van der Waals surface area contributed by atoms with Crippen LogP contribution in [0.2, 0.25) is 0 Å². The molecule has 0 aliphatic carbocycles. The molecule has 0 spiro atoms. The fourth-order valence-corrected chi connectivity index (χ4v) is 3.68. The number of amides is 1. The van der Waals surface area contributed by atoms with E-state index < -0.39 is 5.97 Å². The van der Waals surface area contributed by atoms with Crippen molar-refractivity contribution in [2.24, 2.45) is 5.73 Å². The van der Waals surface area contributed by atoms with Gasteiger partial charge < -0.3 is 21.1 Å². The van der Waals surface area contributed by atoms with Crippen LogP contribution in [0.25, 0.3) is 10.9 Å². The molecule has 1 aromatic heterocycles. The first-order chi connectivity index (χ1) is 12.3. The van der Waals surface area contributed by atoms with Crippen LogP contribution in [-0.4, -0.2) is 51.5 Å². The van der Waals surface area contributed by atoms with Gasteiger partial charge in [0, 0.05) is 41.6 Å². The summed E-state index contributed by atoms with van der Waals surface area (Å²) in [4.78, 5) is 29.2. The molecule has 1 fully saturated rings. The average molecular weight is 358 g/mol. The number of aryl methyl sites for hydroxylation is 1. The molecule has 2 atom stereocenters. The lowest BCUT2D eigenvalue weighted by atomic mass is 10.1. The molecule has 0 bridgehead atoms. The van der Waals surface area contributed by atoms with Gasteiger partial charge in [0.1, 0.15) is 5.69 Å². The molecule has 1 aliphatic heterocycles. The third kappa shape index (κ3) is 3.59. The summed E-state index contributed by atoms with van der Waals surface area (Å²) in [6.07, 6.45) is 0.572. The predicted octanol–water partition coefficient (Wildman–Crippen LogP) is 1.60. The lowest BCUT2D eigenvalue weighted by Gasteiger charge is -2.24. The molecule has 140 valence electrons. The van der Waals surface area contributed by atoms with Crippen molar-refractivity contribution in [2.45, 2.75) is 51.9 Å². The van der Waals surface area contributed by atoms with E-state index in [0.717, 1.165) is 16.5 Å². The maximum atomic E-state index is 12.5. The van der Waals surface area contributed by atoms with Crippen LogP contribution in [0.5, 0.6) is 0 Å². The zero-order valence-corrected chi connectivity index (χ0v) is 15.4. The first kappa shape index (κ1) is 18.4. The monoisotopic (exact) mass is 358 g/mol. The lowest BCUT2D eigenvalue weighted by Crippen LogP contribution is -2.45. The molecule has 1 aromatic carbocycles. The normalized spacial score (nSPS) is 20.8. The van der Waals surface area contributed by atoms with E-state index in [9.17, 15) is 14.7 Å². The van der Waals surface area contributed by atoms with E-state index >= 15 is 0 Å². The minimum atomic E-state index is -1.000. The Hall–Kier alpha value is -2.38. The van der Waals surface area contributed by atoms with Crippen LogP contribution in [0.1, 0.15) is 41.9 Å². The van der Waals surface area contributed by atoms with E-state index in [-0.39, 0.29) is 29.7 Å². The van der Waals surface area contributed by atoms with E-state index in [2.05, 4.69) is 10.3 Å². The molecule has 1 saturated heterocycles. The SMILES string of the molecule is Cc1ccc2[nH]c(C(=O)O)c(CN3C[C@@H](N)C[C@H]3C(=O)NC(C)C)c2c1. The Morgan fingerprint density at radius 1 is 1.42 bits per heavy atom. The van der Waals surface area contributed by atoms with E-state index in [1.165, 1.54) is 0 Å². The highest BCUT2D eigenvalue weighted by atomic mass is 16.4. The third-order valence-corrected chi connectivity index (χ3v) is 4.81. The number of likely N-dealkylation sites (tertiary alicyclic amines) is 1. The van der Waals surface area contributed by atoms with Crippen LogP contribution in [-0.2, 0) is 11.3 Å². The quantitative estimate of drug-likeness (QED) is 0.649. The van der Waals surface area contributed by atoms with E-state index in [0.29, 0.717) is 25.1 Å². The lowest BCUT2D eigenvalue weighted by molar-refractivity contribution is -0.126. The molecule has 7 nitrogen and oxygen atoms in total. The van der Waals surface area contributed by atoms with Crippen LogP contribution in [0, 0.1) is 6.92 Å². The molecule has 3 rings (SSSR count). The Labute approximate surface area is 152 Å². The standard InChI is InChI=1S/C19H26N4O3/c1-10(2)21-18(24)16-7-12(20)8-23(16)9-14-13-6-11(3)4-5-15(13)22-17(14)19(25)26/h4-6,10,12,16,22H,7-9,20H2,1-3H3,(H,21,24)(H,25,26)/t12-,16-/m0/s1. The molecule has 0 radical (unpaired) electrons. The third-order valence-electron chi connectivity index (χ3n) is 4.81. The summed E-state index contributed by atoms with van der Waals surface area (Å²) in [5.74, 6) is -1.05. The summed E-state index contributed by atoms with van der Waals surface area (Å²) in [6.45, 7) is 6.74. The predicted molar refractivity (Wildman–Crippen MR) is 100 cm³/mol. The second-order valence-electron chi connectivity index (χ2n) is 7.44. The Kier molecular flexibility index (Phi) is 5.02. The number of benzene rings is 1. The van der Waals surface area contributed by atoms with Crippen molar-refractivity contribution in [1.82, 2.24) is 15.2 Å². The van der Waals surface area contributed by atoms with Crippen molar-refractivity contribution in [3.05, 3.63) is 35.0 Å². The van der Waals surface area contributed by atoms with Gasteiger partial charge in [-0.15, -0.1) is 0 Å². The molecule has 1 aliphatic rings. The highest BCUT2D eigenvalue weighted by Gasteiger charge is 2.36. The van der Waals surface area contributed by atoms with Gasteiger partial charge in [0.05, 0.1) is 6.04 Å². The fraction of sp³-hybridized carbons (Fsp3) is 0.474. The van der Waals surface area contributed by atoms with Gasteiger partial charge in [-0.2, -0.15) is 0 Å². The molecule has 1 amide bonds. The number of carbonyl (C=O) groups excluding carboxylic acids is 1. The Morgan fingerprint density at radius 2 is 2.15 bits per heavy atom. The number of aromatic carboxylic acids is 1. The molecule has 2 heterocycles. The van der Waals surface area contributed by atoms with E-state index in [4.69, 9.17) is 5.73 Å². The number of nitrogens with zero attached hydrogens (tertiary/aromatic N) is 1. The maximum absolute atomic E-state index is 12.5. The van der Waals surface area contributed by atoms with E-state index in [1.807, 2.05) is 43.9 Å². The first-order valence-corrected chi connectivity index (χ1v) is 8.90. The number of nitrogens with two attached hydrogens (primary N) is 1. The number of aromatic amines is 1. The summed E-state index contributed by atoms with van der Waals surface area (Å²) < 4.78 is 0. The largest absolute Gasteiger partial charge is 0.477 e. The van der Waals surface area contributed by atoms with Crippen molar-refractivity contribution >= 4 is 22.8 Å². The molecule has 0 unspecified atom stereocenters. The number of carbonyl (C=O) groups is 2. The van der Waals surface area contributed by atoms with Gasteiger partial charge in [0.25, 0.3) is 0 Å². The summed E-state index contributed by atoms with van der Waals surface area (Å²) >= 11 is 0. The number of hydrogen-bond donors (Lipinski definition) is 4. The van der Waals surface area contributed by atoms with Crippen LogP contribution < -0.4 is 11.1 Å². The molecule has 0 saturated carbocycles. The van der Waals surface area contributed by atoms with Gasteiger partial charge in [-0.05, 0) is 39.3 Å². The van der Waals surface area contributed by atoms with Gasteiger partial charge in [-0.3, -0.25) is 9.69 Å². The Bertz CT molecular complexity index is 843. The molecule has 2 aromatic rings. The summed E-state index contributed by atoms with van der Waals surface area (Å²) in [5, 5.41) is 13.4. The summed E-state index contributed by atoms with van der Waals surface area (Å²) in [5.41, 5.74) is 8.82. The zero-order chi connectivity index (χ0) is 19.0. The highest BCUT2D eigenvalue weighted by Crippen LogP contribution is 2.28. The van der Waals surface area contributed by atoms with Gasteiger partial charge in [0.2, 0.25) is 5.91 Å². The van der Waals surface area contributed by atoms with Gasteiger partial charge in [-0.25, -0.2) is 4.79 Å². The second-order valence-corrected chi connectivity index (χ2v) is 7.44.